The van der Waals surface area contributed by atoms with Gasteiger partial charge in [0, 0.05) is 32.9 Å². The van der Waals surface area contributed by atoms with Gasteiger partial charge in [-0.2, -0.15) is 5.10 Å². The average Bonchev–Trinajstić information content (AvgIpc) is 3.59. The molecule has 6 nitrogen and oxygen atoms in total. The van der Waals surface area contributed by atoms with E-state index in [1.807, 2.05) is 72.8 Å². The van der Waals surface area contributed by atoms with Crippen molar-refractivity contribution >= 4 is 38.5 Å². The number of pyridine rings is 1. The highest BCUT2D eigenvalue weighted by Crippen LogP contribution is 2.38. The molecule has 0 aliphatic carbocycles. The van der Waals surface area contributed by atoms with Gasteiger partial charge in [0.05, 0.1) is 17.5 Å². The number of hydrazone groups is 1. The summed E-state index contributed by atoms with van der Waals surface area (Å²) in [7, 11) is 0. The second kappa shape index (κ2) is 9.09. The van der Waals surface area contributed by atoms with Crippen LogP contribution in [0.25, 0.3) is 22.0 Å². The number of aromatic nitrogens is 1. The number of carbonyl (C=O) groups excluding carboxylic acids is 1. The summed E-state index contributed by atoms with van der Waals surface area (Å²) in [5.74, 6) is 0.354. The van der Waals surface area contributed by atoms with Crippen LogP contribution in [-0.4, -0.2) is 21.6 Å². The van der Waals surface area contributed by atoms with Crippen LogP contribution in [-0.2, 0) is 0 Å². The largest absolute Gasteiger partial charge is 0.467 e. The summed E-state index contributed by atoms with van der Waals surface area (Å²) in [5.41, 5.74) is 3.64. The molecule has 36 heavy (non-hydrogen) atoms. The van der Waals surface area contributed by atoms with Crippen LogP contribution in [0.3, 0.4) is 0 Å². The van der Waals surface area contributed by atoms with Crippen LogP contribution in [0.5, 0.6) is 0 Å². The number of furan rings is 1. The molecule has 3 aromatic carbocycles. The van der Waals surface area contributed by atoms with Crippen molar-refractivity contribution in [1.82, 2.24) is 9.99 Å². The average molecular weight is 538 g/mol. The molecule has 0 bridgehead atoms. The first-order chi connectivity index (χ1) is 17.6. The van der Waals surface area contributed by atoms with E-state index in [1.54, 1.807) is 24.5 Å². The van der Waals surface area contributed by atoms with Gasteiger partial charge < -0.3 is 9.40 Å². The molecule has 176 valence electrons. The van der Waals surface area contributed by atoms with Gasteiger partial charge in [-0.25, -0.2) is 5.01 Å². The summed E-state index contributed by atoms with van der Waals surface area (Å²) in [4.78, 5) is 30.1. The third-order valence-corrected chi connectivity index (χ3v) is 6.83. The Kier molecular flexibility index (Phi) is 5.62. The van der Waals surface area contributed by atoms with Crippen molar-refractivity contribution < 1.29 is 9.21 Å². The SMILES string of the molecule is O=C(c1ccccc1)N1N=C(c2c(-c3ccccc3)c3cc(Br)ccc3[nH]c2=O)CC1c1ccco1. The number of rotatable bonds is 4. The lowest BCUT2D eigenvalue weighted by Crippen LogP contribution is -2.26. The number of hydrogen-bond acceptors (Lipinski definition) is 4. The number of hydrogen-bond donors (Lipinski definition) is 1. The third-order valence-electron chi connectivity index (χ3n) is 6.34. The predicted octanol–water partition coefficient (Wildman–Crippen LogP) is 6.54. The van der Waals surface area contributed by atoms with Crippen LogP contribution >= 0.6 is 15.9 Å². The van der Waals surface area contributed by atoms with Crippen molar-refractivity contribution in [1.29, 1.82) is 0 Å². The third kappa shape index (κ3) is 3.87. The van der Waals surface area contributed by atoms with Gasteiger partial charge in [0.15, 0.2) is 0 Å². The fourth-order valence-corrected chi connectivity index (χ4v) is 5.07. The topological polar surface area (TPSA) is 78.7 Å². The van der Waals surface area contributed by atoms with Gasteiger partial charge in [-0.15, -0.1) is 0 Å². The van der Waals surface area contributed by atoms with Crippen molar-refractivity contribution in [3.8, 4) is 11.1 Å². The fourth-order valence-electron chi connectivity index (χ4n) is 4.71. The van der Waals surface area contributed by atoms with Gasteiger partial charge >= 0.3 is 0 Å². The molecule has 1 aliphatic rings. The number of aromatic amines is 1. The van der Waals surface area contributed by atoms with Crippen molar-refractivity contribution in [3.63, 3.8) is 0 Å². The Bertz CT molecular complexity index is 1660. The molecule has 3 heterocycles. The van der Waals surface area contributed by atoms with Crippen LogP contribution in [0, 0.1) is 0 Å². The van der Waals surface area contributed by atoms with E-state index in [0.29, 0.717) is 29.0 Å². The van der Waals surface area contributed by atoms with Crippen LogP contribution in [0.1, 0.15) is 34.1 Å². The zero-order chi connectivity index (χ0) is 24.6. The minimum absolute atomic E-state index is 0.255. The Morgan fingerprint density at radius 3 is 2.42 bits per heavy atom. The summed E-state index contributed by atoms with van der Waals surface area (Å²) >= 11 is 3.57. The first-order valence-electron chi connectivity index (χ1n) is 11.5. The molecule has 2 aromatic heterocycles. The maximum Gasteiger partial charge on any atom is 0.274 e. The highest BCUT2D eigenvalue weighted by molar-refractivity contribution is 9.10. The number of fused-ring (bicyclic) bond motifs is 1. The Labute approximate surface area is 215 Å². The molecule has 5 aromatic rings. The molecule has 1 atom stereocenters. The molecule has 6 rings (SSSR count). The monoisotopic (exact) mass is 537 g/mol. The van der Waals surface area contributed by atoms with E-state index in [4.69, 9.17) is 9.52 Å². The number of benzene rings is 3. The van der Waals surface area contributed by atoms with Crippen LogP contribution in [0.15, 0.2) is 116 Å². The summed E-state index contributed by atoms with van der Waals surface area (Å²) in [6.07, 6.45) is 1.92. The van der Waals surface area contributed by atoms with Crippen LogP contribution in [0.2, 0.25) is 0 Å². The summed E-state index contributed by atoms with van der Waals surface area (Å²) in [6, 6.07) is 27.7. The molecule has 0 fully saturated rings. The van der Waals surface area contributed by atoms with E-state index in [1.165, 1.54) is 5.01 Å². The number of halogens is 1. The minimum Gasteiger partial charge on any atom is -0.467 e. The lowest BCUT2D eigenvalue weighted by molar-refractivity contribution is 0.0693. The summed E-state index contributed by atoms with van der Waals surface area (Å²) < 4.78 is 6.59. The number of H-pyrrole nitrogens is 1. The summed E-state index contributed by atoms with van der Waals surface area (Å²) in [6.45, 7) is 0. The smallest absolute Gasteiger partial charge is 0.274 e. The lowest BCUT2D eigenvalue weighted by atomic mass is 9.92. The fraction of sp³-hybridized carbons (Fsp3) is 0.0690. The number of carbonyl (C=O) groups is 1. The van der Waals surface area contributed by atoms with E-state index >= 15 is 0 Å². The maximum absolute atomic E-state index is 13.6. The molecular weight excluding hydrogens is 518 g/mol. The van der Waals surface area contributed by atoms with Crippen LogP contribution < -0.4 is 5.56 Å². The zero-order valence-corrected chi connectivity index (χ0v) is 20.6. The molecular formula is C29H20BrN3O3. The number of amides is 1. The van der Waals surface area contributed by atoms with Crippen molar-refractivity contribution in [2.24, 2.45) is 5.10 Å². The minimum atomic E-state index is -0.469. The predicted molar refractivity (Wildman–Crippen MR) is 143 cm³/mol. The second-order valence-corrected chi connectivity index (χ2v) is 9.47. The molecule has 1 N–H and O–H groups in total. The van der Waals surface area contributed by atoms with Gasteiger partial charge in [0.2, 0.25) is 0 Å². The molecule has 0 saturated carbocycles. The molecule has 7 heteroatoms. The zero-order valence-electron chi connectivity index (χ0n) is 19.0. The molecule has 0 saturated heterocycles. The van der Waals surface area contributed by atoms with Gasteiger partial charge in [-0.3, -0.25) is 9.59 Å². The molecule has 0 radical (unpaired) electrons. The van der Waals surface area contributed by atoms with Crippen molar-refractivity contribution in [3.05, 3.63) is 129 Å². The Morgan fingerprint density at radius 2 is 1.69 bits per heavy atom. The standard InChI is InChI=1S/C29H20BrN3O3/c30-20-13-14-22-21(16-20)26(18-8-3-1-4-9-18)27(28(34)31-22)23-17-24(25-12-7-15-36-25)33(32-23)29(35)19-10-5-2-6-11-19/h1-16,24H,17H2,(H,31,34). The van der Waals surface area contributed by atoms with Gasteiger partial charge in [0.1, 0.15) is 11.8 Å². The van der Waals surface area contributed by atoms with Crippen molar-refractivity contribution in [2.75, 3.05) is 0 Å². The normalized spacial score (nSPS) is 15.3. The Balaban J connectivity index is 1.58. The van der Waals surface area contributed by atoms with Gasteiger partial charge in [-0.1, -0.05) is 64.5 Å². The van der Waals surface area contributed by atoms with Gasteiger partial charge in [-0.05, 0) is 48.0 Å². The van der Waals surface area contributed by atoms with E-state index in [0.717, 1.165) is 26.5 Å². The Hall–Kier alpha value is -4.23. The maximum atomic E-state index is 13.6. The van der Waals surface area contributed by atoms with E-state index in [9.17, 15) is 9.59 Å². The lowest BCUT2D eigenvalue weighted by Gasteiger charge is -2.19. The van der Waals surface area contributed by atoms with Crippen LogP contribution in [0.4, 0.5) is 0 Å². The molecule has 1 unspecified atom stereocenters. The van der Waals surface area contributed by atoms with E-state index in [-0.39, 0.29) is 11.5 Å². The quantitative estimate of drug-likeness (QED) is 0.282. The highest BCUT2D eigenvalue weighted by Gasteiger charge is 2.37. The molecule has 1 amide bonds. The molecule has 1 aliphatic heterocycles. The van der Waals surface area contributed by atoms with E-state index in [2.05, 4.69) is 20.9 Å². The van der Waals surface area contributed by atoms with Crippen molar-refractivity contribution in [2.45, 2.75) is 12.5 Å². The van der Waals surface area contributed by atoms with Gasteiger partial charge in [0.25, 0.3) is 11.5 Å². The molecule has 0 spiro atoms. The highest BCUT2D eigenvalue weighted by atomic mass is 79.9. The second-order valence-electron chi connectivity index (χ2n) is 8.56. The summed E-state index contributed by atoms with van der Waals surface area (Å²) in [5, 5.41) is 7.07. The first-order valence-corrected chi connectivity index (χ1v) is 12.3. The number of nitrogens with zero attached hydrogens (tertiary/aromatic N) is 2. The van der Waals surface area contributed by atoms with E-state index < -0.39 is 6.04 Å². The Morgan fingerprint density at radius 1 is 0.944 bits per heavy atom. The first kappa shape index (κ1) is 22.2. The number of nitrogens with one attached hydrogen (secondary N) is 1.